The molecular formula is C18H18O4. The van der Waals surface area contributed by atoms with Crippen molar-refractivity contribution in [2.24, 2.45) is 11.8 Å². The van der Waals surface area contributed by atoms with Crippen LogP contribution in [0.15, 0.2) is 35.9 Å². The minimum Gasteiger partial charge on any atom is -0.347 e. The predicted molar refractivity (Wildman–Crippen MR) is 78.4 cm³/mol. The van der Waals surface area contributed by atoms with Crippen LogP contribution < -0.4 is 0 Å². The Labute approximate surface area is 129 Å². The van der Waals surface area contributed by atoms with Crippen LogP contribution in [0, 0.1) is 11.8 Å². The molecule has 1 heterocycles. The van der Waals surface area contributed by atoms with Crippen molar-refractivity contribution in [3.63, 3.8) is 0 Å². The van der Waals surface area contributed by atoms with Gasteiger partial charge in [0.2, 0.25) is 5.79 Å². The zero-order chi connectivity index (χ0) is 15.3. The monoisotopic (exact) mass is 298 g/mol. The van der Waals surface area contributed by atoms with Crippen molar-refractivity contribution in [3.8, 4) is 0 Å². The van der Waals surface area contributed by atoms with Gasteiger partial charge in [-0.15, -0.1) is 0 Å². The lowest BCUT2D eigenvalue weighted by Crippen LogP contribution is -2.58. The Hall–Kier alpha value is -1.49. The molecule has 2 bridgehead atoms. The molecule has 1 aromatic rings. The SMILES string of the molecule is COC1(OC)c2ccccc2C(=O)C23OC12C1CC3C=C1C. The van der Waals surface area contributed by atoms with Crippen molar-refractivity contribution in [1.29, 1.82) is 0 Å². The number of ether oxygens (including phenoxy) is 3. The molecule has 4 unspecified atom stereocenters. The average Bonchev–Trinajstić information content (AvgIpc) is 3.04. The maximum atomic E-state index is 13.2. The number of hydrogen-bond donors (Lipinski definition) is 0. The number of carbonyl (C=O) groups is 1. The number of hydrogen-bond acceptors (Lipinski definition) is 4. The van der Waals surface area contributed by atoms with E-state index >= 15 is 0 Å². The third-order valence-corrected chi connectivity index (χ3v) is 6.28. The van der Waals surface area contributed by atoms with Gasteiger partial charge in [0.1, 0.15) is 0 Å². The minimum atomic E-state index is -1.02. The molecule has 4 aliphatic rings. The Kier molecular flexibility index (Phi) is 2.09. The van der Waals surface area contributed by atoms with E-state index in [-0.39, 0.29) is 17.6 Å². The lowest BCUT2D eigenvalue weighted by molar-refractivity contribution is -0.264. The van der Waals surface area contributed by atoms with Crippen molar-refractivity contribution in [2.45, 2.75) is 30.3 Å². The van der Waals surface area contributed by atoms with E-state index in [4.69, 9.17) is 14.2 Å². The lowest BCUT2D eigenvalue weighted by atomic mass is 9.65. The normalized spacial score (nSPS) is 42.5. The topological polar surface area (TPSA) is 48.1 Å². The molecule has 114 valence electrons. The number of fused-ring (bicyclic) bond motifs is 3. The first-order valence-corrected chi connectivity index (χ1v) is 7.72. The zero-order valence-corrected chi connectivity index (χ0v) is 12.9. The molecule has 0 amide bonds. The Morgan fingerprint density at radius 3 is 2.68 bits per heavy atom. The molecule has 1 aromatic carbocycles. The fourth-order valence-corrected chi connectivity index (χ4v) is 5.52. The van der Waals surface area contributed by atoms with E-state index in [9.17, 15) is 4.79 Å². The summed E-state index contributed by atoms with van der Waals surface area (Å²) in [5.41, 5.74) is 1.23. The van der Waals surface area contributed by atoms with Crippen molar-refractivity contribution >= 4 is 5.78 Å². The largest absolute Gasteiger partial charge is 0.347 e. The van der Waals surface area contributed by atoms with Crippen LogP contribution >= 0.6 is 0 Å². The first-order valence-electron chi connectivity index (χ1n) is 7.72. The van der Waals surface area contributed by atoms with E-state index in [1.807, 2.05) is 24.3 Å². The van der Waals surface area contributed by atoms with Crippen LogP contribution in [0.4, 0.5) is 0 Å². The van der Waals surface area contributed by atoms with Gasteiger partial charge in [-0.25, -0.2) is 0 Å². The Morgan fingerprint density at radius 1 is 1.23 bits per heavy atom. The maximum absolute atomic E-state index is 13.2. The molecule has 5 rings (SSSR count). The second-order valence-electron chi connectivity index (χ2n) is 6.78. The van der Waals surface area contributed by atoms with Gasteiger partial charge in [-0.2, -0.15) is 0 Å². The van der Waals surface area contributed by atoms with E-state index in [2.05, 4.69) is 13.0 Å². The highest BCUT2D eigenvalue weighted by Crippen LogP contribution is 2.79. The van der Waals surface area contributed by atoms with Crippen LogP contribution in [-0.2, 0) is 20.0 Å². The summed E-state index contributed by atoms with van der Waals surface area (Å²) >= 11 is 0. The number of carbonyl (C=O) groups excluding carboxylic acids is 1. The van der Waals surface area contributed by atoms with Crippen molar-refractivity contribution in [3.05, 3.63) is 47.0 Å². The van der Waals surface area contributed by atoms with Gasteiger partial charge < -0.3 is 14.2 Å². The Bertz CT molecular complexity index is 747. The maximum Gasteiger partial charge on any atom is 0.229 e. The third kappa shape index (κ3) is 0.945. The molecule has 4 atom stereocenters. The number of Topliss-reactive ketones (excluding diaryl/α,β-unsaturated/α-hetero) is 1. The van der Waals surface area contributed by atoms with Gasteiger partial charge in [-0.05, 0) is 13.3 Å². The Morgan fingerprint density at radius 2 is 1.95 bits per heavy atom. The number of epoxide rings is 1. The summed E-state index contributed by atoms with van der Waals surface area (Å²) < 4.78 is 18.1. The van der Waals surface area contributed by atoms with Gasteiger partial charge >= 0.3 is 0 Å². The molecule has 1 aliphatic heterocycles. The highest BCUT2D eigenvalue weighted by Gasteiger charge is 2.94. The van der Waals surface area contributed by atoms with E-state index in [0.717, 1.165) is 12.0 Å². The molecule has 1 saturated carbocycles. The van der Waals surface area contributed by atoms with Crippen molar-refractivity contribution < 1.29 is 19.0 Å². The fourth-order valence-electron chi connectivity index (χ4n) is 5.52. The van der Waals surface area contributed by atoms with Crippen molar-refractivity contribution in [1.82, 2.24) is 0 Å². The average molecular weight is 298 g/mol. The summed E-state index contributed by atoms with van der Waals surface area (Å²) in [6, 6.07) is 7.58. The molecule has 4 heteroatoms. The van der Waals surface area contributed by atoms with Crippen molar-refractivity contribution in [2.75, 3.05) is 14.2 Å². The summed E-state index contributed by atoms with van der Waals surface area (Å²) in [4.78, 5) is 13.2. The van der Waals surface area contributed by atoms with Crippen LogP contribution in [0.2, 0.25) is 0 Å². The number of methoxy groups -OCH3 is 2. The summed E-state index contributed by atoms with van der Waals surface area (Å²) in [7, 11) is 3.28. The summed E-state index contributed by atoms with van der Waals surface area (Å²) in [6.07, 6.45) is 3.15. The van der Waals surface area contributed by atoms with Crippen LogP contribution in [0.25, 0.3) is 0 Å². The van der Waals surface area contributed by atoms with Crippen LogP contribution in [0.5, 0.6) is 0 Å². The first kappa shape index (κ1) is 13.0. The molecule has 0 aromatic heterocycles. The minimum absolute atomic E-state index is 0.0871. The van der Waals surface area contributed by atoms with Gasteiger partial charge in [0, 0.05) is 37.2 Å². The number of benzene rings is 1. The molecule has 4 nitrogen and oxygen atoms in total. The van der Waals surface area contributed by atoms with Crippen LogP contribution in [0.1, 0.15) is 29.3 Å². The van der Waals surface area contributed by atoms with Crippen LogP contribution in [0.3, 0.4) is 0 Å². The summed E-state index contributed by atoms with van der Waals surface area (Å²) in [6.45, 7) is 2.12. The van der Waals surface area contributed by atoms with E-state index < -0.39 is 17.0 Å². The molecule has 1 saturated heterocycles. The lowest BCUT2D eigenvalue weighted by Gasteiger charge is -2.43. The van der Waals surface area contributed by atoms with E-state index in [1.165, 1.54) is 5.57 Å². The second kappa shape index (κ2) is 3.53. The van der Waals surface area contributed by atoms with Gasteiger partial charge in [0.15, 0.2) is 17.0 Å². The van der Waals surface area contributed by atoms with Gasteiger partial charge in [-0.1, -0.05) is 35.9 Å². The van der Waals surface area contributed by atoms with Gasteiger partial charge in [0.25, 0.3) is 0 Å². The molecule has 22 heavy (non-hydrogen) atoms. The predicted octanol–water partition coefficient (Wildman–Crippen LogP) is 2.43. The number of rotatable bonds is 2. The molecule has 2 fully saturated rings. The molecule has 0 radical (unpaired) electrons. The summed E-state index contributed by atoms with van der Waals surface area (Å²) in [5, 5.41) is 0. The highest BCUT2D eigenvalue weighted by molar-refractivity contribution is 6.10. The van der Waals surface area contributed by atoms with Crippen LogP contribution in [-0.4, -0.2) is 31.2 Å². The highest BCUT2D eigenvalue weighted by atomic mass is 16.8. The zero-order valence-electron chi connectivity index (χ0n) is 12.9. The second-order valence-corrected chi connectivity index (χ2v) is 6.78. The molecule has 0 N–H and O–H groups in total. The fraction of sp³-hybridized carbons (Fsp3) is 0.500. The summed E-state index contributed by atoms with van der Waals surface area (Å²) in [5.74, 6) is -0.631. The smallest absolute Gasteiger partial charge is 0.229 e. The van der Waals surface area contributed by atoms with E-state index in [1.54, 1.807) is 14.2 Å². The standard InChI is InChI=1S/C18H18O4/c1-10-8-11-9-14(10)17-16(11,22-17)15(19)12-6-4-5-7-13(12)18(17,20-2)21-3/h4-8,11,14H,9H2,1-3H3. The first-order chi connectivity index (χ1) is 10.6. The quantitative estimate of drug-likeness (QED) is 0.478. The van der Waals surface area contributed by atoms with Gasteiger partial charge in [0.05, 0.1) is 0 Å². The molecule has 0 spiro atoms. The van der Waals surface area contributed by atoms with E-state index in [0.29, 0.717) is 5.56 Å². The molecule has 3 aliphatic carbocycles. The number of ketones is 1. The molecular weight excluding hydrogens is 280 g/mol. The third-order valence-electron chi connectivity index (χ3n) is 6.28. The Balaban J connectivity index is 1.87. The van der Waals surface area contributed by atoms with Gasteiger partial charge in [-0.3, -0.25) is 4.79 Å².